The van der Waals surface area contributed by atoms with Gasteiger partial charge in [0.2, 0.25) is 5.95 Å². The van der Waals surface area contributed by atoms with Crippen molar-refractivity contribution in [1.82, 2.24) is 19.7 Å². The SMILES string of the molecule is CCNc1nc(-n2ccc(C3CC3)n2)c2cc(C)sc2n1. The van der Waals surface area contributed by atoms with E-state index in [-0.39, 0.29) is 0 Å². The first-order chi connectivity index (χ1) is 10.2. The Kier molecular flexibility index (Phi) is 2.92. The van der Waals surface area contributed by atoms with Gasteiger partial charge in [-0.05, 0) is 38.8 Å². The number of hydrogen-bond donors (Lipinski definition) is 1. The maximum Gasteiger partial charge on any atom is 0.226 e. The lowest BCUT2D eigenvalue weighted by Crippen LogP contribution is -2.06. The van der Waals surface area contributed by atoms with Gasteiger partial charge in [0.1, 0.15) is 4.83 Å². The predicted octanol–water partition coefficient (Wildman–Crippen LogP) is 3.49. The Morgan fingerprint density at radius 3 is 3.00 bits per heavy atom. The van der Waals surface area contributed by atoms with Crippen LogP contribution in [0.5, 0.6) is 0 Å². The number of aryl methyl sites for hydroxylation is 1. The summed E-state index contributed by atoms with van der Waals surface area (Å²) in [7, 11) is 0. The summed E-state index contributed by atoms with van der Waals surface area (Å²) in [6, 6.07) is 4.25. The number of thiophene rings is 1. The van der Waals surface area contributed by atoms with E-state index in [0.717, 1.165) is 22.6 Å². The van der Waals surface area contributed by atoms with Gasteiger partial charge in [0.25, 0.3) is 0 Å². The van der Waals surface area contributed by atoms with E-state index in [1.807, 2.05) is 17.8 Å². The molecule has 1 fully saturated rings. The summed E-state index contributed by atoms with van der Waals surface area (Å²) >= 11 is 1.69. The Balaban J connectivity index is 1.87. The molecule has 108 valence electrons. The second-order valence-electron chi connectivity index (χ2n) is 5.44. The molecule has 6 heteroatoms. The van der Waals surface area contributed by atoms with Crippen LogP contribution >= 0.6 is 11.3 Å². The quantitative estimate of drug-likeness (QED) is 0.801. The van der Waals surface area contributed by atoms with Gasteiger partial charge < -0.3 is 5.32 Å². The lowest BCUT2D eigenvalue weighted by atomic mass is 10.3. The molecule has 3 aromatic heterocycles. The second-order valence-corrected chi connectivity index (χ2v) is 6.67. The molecule has 1 N–H and O–H groups in total. The van der Waals surface area contributed by atoms with Gasteiger partial charge in [0, 0.05) is 23.5 Å². The minimum atomic E-state index is 0.654. The number of hydrogen-bond acceptors (Lipinski definition) is 5. The first kappa shape index (κ1) is 12.8. The van der Waals surface area contributed by atoms with Gasteiger partial charge >= 0.3 is 0 Å². The number of aromatic nitrogens is 4. The third-order valence-corrected chi connectivity index (χ3v) is 4.60. The Bertz CT molecular complexity index is 800. The lowest BCUT2D eigenvalue weighted by Gasteiger charge is -2.06. The van der Waals surface area contributed by atoms with Crippen LogP contribution in [0.1, 0.15) is 36.3 Å². The zero-order chi connectivity index (χ0) is 14.4. The number of rotatable bonds is 4. The summed E-state index contributed by atoms with van der Waals surface area (Å²) in [4.78, 5) is 11.5. The molecule has 0 atom stereocenters. The maximum atomic E-state index is 4.71. The standard InChI is InChI=1S/C15H17N5S/c1-3-16-15-17-13(11-8-9(2)21-14(11)18-15)20-7-6-12(19-20)10-4-5-10/h6-8,10H,3-5H2,1-2H3,(H,16,17,18). The monoisotopic (exact) mass is 299 g/mol. The predicted molar refractivity (Wildman–Crippen MR) is 85.4 cm³/mol. The van der Waals surface area contributed by atoms with Crippen LogP contribution in [-0.2, 0) is 0 Å². The van der Waals surface area contributed by atoms with Crippen LogP contribution in [-0.4, -0.2) is 26.3 Å². The third-order valence-electron chi connectivity index (χ3n) is 3.65. The molecule has 0 saturated heterocycles. The Morgan fingerprint density at radius 1 is 1.38 bits per heavy atom. The van der Waals surface area contributed by atoms with Gasteiger partial charge in [0.05, 0.1) is 11.1 Å². The summed E-state index contributed by atoms with van der Waals surface area (Å²) in [5, 5.41) is 8.98. The summed E-state index contributed by atoms with van der Waals surface area (Å²) in [5.41, 5.74) is 1.18. The molecule has 1 saturated carbocycles. The second kappa shape index (κ2) is 4.80. The molecule has 0 aliphatic heterocycles. The number of anilines is 1. The van der Waals surface area contributed by atoms with Gasteiger partial charge in [-0.2, -0.15) is 10.1 Å². The molecule has 0 unspecified atom stereocenters. The fourth-order valence-corrected chi connectivity index (χ4v) is 3.37. The van der Waals surface area contributed by atoms with E-state index in [0.29, 0.717) is 11.9 Å². The highest BCUT2D eigenvalue weighted by atomic mass is 32.1. The zero-order valence-corrected chi connectivity index (χ0v) is 12.9. The highest BCUT2D eigenvalue weighted by Crippen LogP contribution is 2.39. The van der Waals surface area contributed by atoms with Crippen molar-refractivity contribution in [2.45, 2.75) is 32.6 Å². The van der Waals surface area contributed by atoms with Crippen LogP contribution < -0.4 is 5.32 Å². The summed E-state index contributed by atoms with van der Waals surface area (Å²) in [6.07, 6.45) is 4.53. The number of fused-ring (bicyclic) bond motifs is 1. The molecular formula is C15H17N5S. The zero-order valence-electron chi connectivity index (χ0n) is 12.1. The van der Waals surface area contributed by atoms with E-state index in [4.69, 9.17) is 5.10 Å². The maximum absolute atomic E-state index is 4.71. The van der Waals surface area contributed by atoms with Crippen LogP contribution in [0, 0.1) is 6.92 Å². The van der Waals surface area contributed by atoms with Crippen molar-refractivity contribution in [2.75, 3.05) is 11.9 Å². The summed E-state index contributed by atoms with van der Waals surface area (Å²) < 4.78 is 1.89. The smallest absolute Gasteiger partial charge is 0.226 e. The van der Waals surface area contributed by atoms with Gasteiger partial charge in [-0.15, -0.1) is 11.3 Å². The first-order valence-corrected chi connectivity index (χ1v) is 8.14. The van der Waals surface area contributed by atoms with Crippen molar-refractivity contribution >= 4 is 27.5 Å². The fraction of sp³-hybridized carbons (Fsp3) is 0.400. The van der Waals surface area contributed by atoms with Crippen LogP contribution in [0.15, 0.2) is 18.3 Å². The molecule has 0 radical (unpaired) electrons. The van der Waals surface area contributed by atoms with Gasteiger partial charge in [0.15, 0.2) is 5.82 Å². The minimum absolute atomic E-state index is 0.654. The lowest BCUT2D eigenvalue weighted by molar-refractivity contribution is 0.817. The van der Waals surface area contributed by atoms with Crippen LogP contribution in [0.2, 0.25) is 0 Å². The summed E-state index contributed by atoms with van der Waals surface area (Å²) in [5.74, 6) is 2.19. The van der Waals surface area contributed by atoms with Crippen molar-refractivity contribution in [2.24, 2.45) is 0 Å². The van der Waals surface area contributed by atoms with Crippen molar-refractivity contribution < 1.29 is 0 Å². The number of nitrogens with one attached hydrogen (secondary N) is 1. The minimum Gasteiger partial charge on any atom is -0.354 e. The molecule has 0 bridgehead atoms. The van der Waals surface area contributed by atoms with Gasteiger partial charge in [-0.25, -0.2) is 9.67 Å². The third kappa shape index (κ3) is 2.29. The van der Waals surface area contributed by atoms with Crippen molar-refractivity contribution in [1.29, 1.82) is 0 Å². The molecule has 3 aromatic rings. The molecule has 3 heterocycles. The Hall–Kier alpha value is -1.95. The molecule has 0 aromatic carbocycles. The number of nitrogens with zero attached hydrogens (tertiary/aromatic N) is 4. The average molecular weight is 299 g/mol. The van der Waals surface area contributed by atoms with Crippen LogP contribution in [0.4, 0.5) is 5.95 Å². The summed E-state index contributed by atoms with van der Waals surface area (Å²) in [6.45, 7) is 4.95. The molecule has 0 amide bonds. The largest absolute Gasteiger partial charge is 0.354 e. The Morgan fingerprint density at radius 2 is 2.24 bits per heavy atom. The van der Waals surface area contributed by atoms with E-state index < -0.39 is 0 Å². The highest BCUT2D eigenvalue weighted by Gasteiger charge is 2.26. The Labute approximate surface area is 127 Å². The molecule has 1 aliphatic carbocycles. The molecule has 4 rings (SSSR count). The first-order valence-electron chi connectivity index (χ1n) is 7.32. The van der Waals surface area contributed by atoms with Crippen LogP contribution in [0.3, 0.4) is 0 Å². The molecule has 0 spiro atoms. The van der Waals surface area contributed by atoms with E-state index in [2.05, 4.69) is 34.3 Å². The van der Waals surface area contributed by atoms with E-state index >= 15 is 0 Å². The normalized spacial score (nSPS) is 14.8. The van der Waals surface area contributed by atoms with Crippen molar-refractivity contribution in [3.05, 3.63) is 28.9 Å². The average Bonchev–Trinajstić information content (AvgIpc) is 3.07. The van der Waals surface area contributed by atoms with Crippen molar-refractivity contribution in [3.63, 3.8) is 0 Å². The molecular weight excluding hydrogens is 282 g/mol. The van der Waals surface area contributed by atoms with Crippen LogP contribution in [0.25, 0.3) is 16.0 Å². The topological polar surface area (TPSA) is 55.6 Å². The fourth-order valence-electron chi connectivity index (χ4n) is 2.49. The molecule has 1 aliphatic rings. The van der Waals surface area contributed by atoms with Gasteiger partial charge in [-0.1, -0.05) is 0 Å². The van der Waals surface area contributed by atoms with Gasteiger partial charge in [-0.3, -0.25) is 0 Å². The highest BCUT2D eigenvalue weighted by molar-refractivity contribution is 7.18. The van der Waals surface area contributed by atoms with E-state index in [1.165, 1.54) is 23.4 Å². The molecule has 21 heavy (non-hydrogen) atoms. The van der Waals surface area contributed by atoms with Crippen molar-refractivity contribution in [3.8, 4) is 5.82 Å². The van der Waals surface area contributed by atoms with E-state index in [1.54, 1.807) is 11.3 Å². The van der Waals surface area contributed by atoms with E-state index in [9.17, 15) is 0 Å². The molecule has 5 nitrogen and oxygen atoms in total.